The Kier molecular flexibility index (Phi) is 4.26. The fraction of sp³-hybridized carbons (Fsp3) is 0.286. The Labute approximate surface area is 157 Å². The van der Waals surface area contributed by atoms with Gasteiger partial charge in [0.25, 0.3) is 5.91 Å². The molecule has 138 valence electrons. The second-order valence-electron chi connectivity index (χ2n) is 7.34. The van der Waals surface area contributed by atoms with E-state index in [1.807, 2.05) is 30.0 Å². The van der Waals surface area contributed by atoms with Crippen LogP contribution in [-0.2, 0) is 6.54 Å². The molecule has 2 aromatic carbocycles. The summed E-state index contributed by atoms with van der Waals surface area (Å²) in [4.78, 5) is 14.4. The summed E-state index contributed by atoms with van der Waals surface area (Å²) in [7, 11) is 0. The molecule has 0 atom stereocenters. The lowest BCUT2D eigenvalue weighted by Crippen LogP contribution is -2.27. The number of carbonyl (C=O) groups excluding carboxylic acids is 1. The van der Waals surface area contributed by atoms with E-state index in [0.717, 1.165) is 28.9 Å². The number of halogens is 1. The normalized spacial score (nSPS) is 13.5. The van der Waals surface area contributed by atoms with Gasteiger partial charge in [0.2, 0.25) is 0 Å². The number of fused-ring (bicyclic) bond motifs is 1. The van der Waals surface area contributed by atoms with Gasteiger partial charge in [-0.05, 0) is 42.7 Å². The highest BCUT2D eigenvalue weighted by molar-refractivity contribution is 5.99. The molecule has 0 spiro atoms. The van der Waals surface area contributed by atoms with Gasteiger partial charge in [-0.25, -0.2) is 9.07 Å². The maximum Gasteiger partial charge on any atom is 0.254 e. The number of amides is 1. The van der Waals surface area contributed by atoms with Crippen LogP contribution in [0.4, 0.5) is 4.39 Å². The molecule has 0 aliphatic carbocycles. The molecular formula is C21H21FN4O. The molecular weight excluding hydrogens is 343 g/mol. The number of rotatable bonds is 4. The highest BCUT2D eigenvalue weighted by Gasteiger charge is 2.28. The van der Waals surface area contributed by atoms with Crippen LogP contribution in [0.5, 0.6) is 0 Å². The molecule has 27 heavy (non-hydrogen) atoms. The number of nitrogens with zero attached hydrogens (tertiary/aromatic N) is 4. The largest absolute Gasteiger partial charge is 0.334 e. The number of para-hydroxylation sites is 1. The van der Waals surface area contributed by atoms with Crippen LogP contribution in [0.25, 0.3) is 16.9 Å². The van der Waals surface area contributed by atoms with Gasteiger partial charge in [0.1, 0.15) is 17.2 Å². The molecule has 6 heteroatoms. The van der Waals surface area contributed by atoms with Gasteiger partial charge in [0, 0.05) is 24.2 Å². The number of hydrogen-bond acceptors (Lipinski definition) is 3. The number of aromatic nitrogens is 3. The van der Waals surface area contributed by atoms with Gasteiger partial charge in [-0.2, -0.15) is 0 Å². The average molecular weight is 364 g/mol. The molecule has 1 aliphatic rings. The molecule has 4 rings (SSSR count). The number of carbonyl (C=O) groups is 1. The standard InChI is InChI=1S/C21H21FN4O/c1-13(2)11-25-12-16-10-15(8-9-17(16)21(25)27)20-14(3)26(24-23-20)19-7-5-4-6-18(19)22/h4-10,13H,11-12H2,1-3H3. The zero-order chi connectivity index (χ0) is 19.1. The third kappa shape index (κ3) is 3.01. The maximum absolute atomic E-state index is 14.1. The average Bonchev–Trinajstić information content (AvgIpc) is 3.15. The molecule has 5 nitrogen and oxygen atoms in total. The first-order valence-electron chi connectivity index (χ1n) is 9.05. The zero-order valence-electron chi connectivity index (χ0n) is 15.6. The Morgan fingerprint density at radius 2 is 1.96 bits per heavy atom. The first-order chi connectivity index (χ1) is 13.0. The molecule has 0 bridgehead atoms. The molecule has 1 aromatic heterocycles. The van der Waals surface area contributed by atoms with Crippen molar-refractivity contribution >= 4 is 5.91 Å². The summed E-state index contributed by atoms with van der Waals surface area (Å²) < 4.78 is 15.6. The number of hydrogen-bond donors (Lipinski definition) is 0. The molecule has 0 N–H and O–H groups in total. The van der Waals surface area contributed by atoms with E-state index in [2.05, 4.69) is 24.2 Å². The highest BCUT2D eigenvalue weighted by atomic mass is 19.1. The molecule has 1 aliphatic heterocycles. The van der Waals surface area contributed by atoms with Crippen molar-refractivity contribution in [3.63, 3.8) is 0 Å². The van der Waals surface area contributed by atoms with E-state index in [4.69, 9.17) is 0 Å². The van der Waals surface area contributed by atoms with E-state index in [9.17, 15) is 9.18 Å². The monoisotopic (exact) mass is 364 g/mol. The van der Waals surface area contributed by atoms with Gasteiger partial charge in [-0.3, -0.25) is 4.79 Å². The Bertz CT molecular complexity index is 1020. The smallest absolute Gasteiger partial charge is 0.254 e. The Morgan fingerprint density at radius 1 is 1.19 bits per heavy atom. The second kappa shape index (κ2) is 6.61. The predicted molar refractivity (Wildman–Crippen MR) is 101 cm³/mol. The molecule has 3 aromatic rings. The molecule has 0 saturated carbocycles. The van der Waals surface area contributed by atoms with Crippen molar-refractivity contribution in [3.05, 3.63) is 65.1 Å². The quantitative estimate of drug-likeness (QED) is 0.703. The summed E-state index contributed by atoms with van der Waals surface area (Å²) in [6.07, 6.45) is 0. The lowest BCUT2D eigenvalue weighted by Gasteiger charge is -2.17. The zero-order valence-corrected chi connectivity index (χ0v) is 15.6. The lowest BCUT2D eigenvalue weighted by atomic mass is 10.0. The molecule has 0 fully saturated rings. The van der Waals surface area contributed by atoms with Gasteiger partial charge in [-0.15, -0.1) is 5.10 Å². The van der Waals surface area contributed by atoms with Gasteiger partial charge in [0.05, 0.1) is 5.69 Å². The van der Waals surface area contributed by atoms with Crippen LogP contribution in [0.2, 0.25) is 0 Å². The minimum atomic E-state index is -0.346. The van der Waals surface area contributed by atoms with Crippen LogP contribution in [-0.4, -0.2) is 32.3 Å². The van der Waals surface area contributed by atoms with Gasteiger partial charge >= 0.3 is 0 Å². The summed E-state index contributed by atoms with van der Waals surface area (Å²) in [5.74, 6) is 0.156. The minimum Gasteiger partial charge on any atom is -0.334 e. The van der Waals surface area contributed by atoms with E-state index >= 15 is 0 Å². The van der Waals surface area contributed by atoms with Gasteiger partial charge in [-0.1, -0.05) is 37.3 Å². The van der Waals surface area contributed by atoms with Crippen molar-refractivity contribution in [1.29, 1.82) is 0 Å². The Hall–Kier alpha value is -3.02. The van der Waals surface area contributed by atoms with Crippen LogP contribution in [0.15, 0.2) is 42.5 Å². The van der Waals surface area contributed by atoms with E-state index in [1.54, 1.807) is 18.2 Å². The van der Waals surface area contributed by atoms with Crippen LogP contribution < -0.4 is 0 Å². The maximum atomic E-state index is 14.1. The molecule has 1 amide bonds. The van der Waals surface area contributed by atoms with E-state index in [-0.39, 0.29) is 11.7 Å². The summed E-state index contributed by atoms with van der Waals surface area (Å²) >= 11 is 0. The van der Waals surface area contributed by atoms with Crippen molar-refractivity contribution < 1.29 is 9.18 Å². The fourth-order valence-corrected chi connectivity index (χ4v) is 3.56. The van der Waals surface area contributed by atoms with Crippen molar-refractivity contribution in [3.8, 4) is 16.9 Å². The molecule has 0 saturated heterocycles. The van der Waals surface area contributed by atoms with Crippen LogP contribution in [0, 0.1) is 18.7 Å². The van der Waals surface area contributed by atoms with Crippen molar-refractivity contribution in [2.24, 2.45) is 5.92 Å². The summed E-state index contributed by atoms with van der Waals surface area (Å²) in [5, 5.41) is 8.40. The second-order valence-corrected chi connectivity index (χ2v) is 7.34. The van der Waals surface area contributed by atoms with Crippen molar-refractivity contribution in [2.75, 3.05) is 6.54 Å². The van der Waals surface area contributed by atoms with Crippen LogP contribution in [0.1, 0.15) is 35.5 Å². The van der Waals surface area contributed by atoms with Crippen LogP contribution in [0.3, 0.4) is 0 Å². The SMILES string of the molecule is Cc1c(-c2ccc3c(c2)CN(CC(C)C)C3=O)nnn1-c1ccccc1F. The van der Waals surface area contributed by atoms with E-state index in [0.29, 0.717) is 23.8 Å². The Balaban J connectivity index is 1.69. The third-order valence-electron chi connectivity index (χ3n) is 4.82. The van der Waals surface area contributed by atoms with E-state index < -0.39 is 0 Å². The summed E-state index contributed by atoms with van der Waals surface area (Å²) in [5.41, 5.74) is 4.44. The predicted octanol–water partition coefficient (Wildman–Crippen LogP) is 3.99. The van der Waals surface area contributed by atoms with Crippen LogP contribution >= 0.6 is 0 Å². The third-order valence-corrected chi connectivity index (χ3v) is 4.82. The van der Waals surface area contributed by atoms with Crippen molar-refractivity contribution in [2.45, 2.75) is 27.3 Å². The topological polar surface area (TPSA) is 51.0 Å². The summed E-state index contributed by atoms with van der Waals surface area (Å²) in [6.45, 7) is 7.43. The molecule has 0 unspecified atom stereocenters. The molecule has 0 radical (unpaired) electrons. The first-order valence-corrected chi connectivity index (χ1v) is 9.05. The van der Waals surface area contributed by atoms with Crippen molar-refractivity contribution in [1.82, 2.24) is 19.9 Å². The van der Waals surface area contributed by atoms with Gasteiger partial charge < -0.3 is 4.90 Å². The molecule has 2 heterocycles. The minimum absolute atomic E-state index is 0.0805. The van der Waals surface area contributed by atoms with E-state index in [1.165, 1.54) is 10.7 Å². The number of benzene rings is 2. The Morgan fingerprint density at radius 3 is 2.70 bits per heavy atom. The summed E-state index contributed by atoms with van der Waals surface area (Å²) in [6, 6.07) is 12.2. The van der Waals surface area contributed by atoms with Gasteiger partial charge in [0.15, 0.2) is 0 Å². The lowest BCUT2D eigenvalue weighted by molar-refractivity contribution is 0.0760. The fourth-order valence-electron chi connectivity index (χ4n) is 3.56. The first kappa shape index (κ1) is 17.4. The highest BCUT2D eigenvalue weighted by Crippen LogP contribution is 2.30.